The summed E-state index contributed by atoms with van der Waals surface area (Å²) in [4.78, 5) is 15.4. The molecule has 1 aromatic carbocycles. The number of carbonyl (C=O) groups excluding carboxylic acids is 1. The minimum Gasteiger partial charge on any atom is -0.267 e. The molecule has 0 aliphatic heterocycles. The van der Waals surface area contributed by atoms with E-state index >= 15 is 0 Å². The molecule has 0 saturated heterocycles. The minimum atomic E-state index is -0.585. The molecule has 0 radical (unpaired) electrons. The Morgan fingerprint density at radius 3 is 2.67 bits per heavy atom. The van der Waals surface area contributed by atoms with Crippen molar-refractivity contribution in [1.82, 2.24) is 10.4 Å². The Balaban J connectivity index is 2.01. The van der Waals surface area contributed by atoms with Gasteiger partial charge in [-0.15, -0.1) is 0 Å². The fourth-order valence-corrected chi connectivity index (χ4v) is 1.32. The summed E-state index contributed by atoms with van der Waals surface area (Å²) in [5.74, 6) is -1.16. The smallest absolute Gasteiger partial charge is 0.267 e. The van der Waals surface area contributed by atoms with Crippen LogP contribution in [0.5, 0.6) is 0 Å². The summed E-state index contributed by atoms with van der Waals surface area (Å²) in [6, 6.07) is 9.20. The second-order valence-electron chi connectivity index (χ2n) is 3.46. The van der Waals surface area contributed by atoms with Crippen molar-refractivity contribution in [1.29, 1.82) is 0 Å². The molecule has 0 bridgehead atoms. The summed E-state index contributed by atoms with van der Waals surface area (Å²) in [6.45, 7) is 0. The van der Waals surface area contributed by atoms with Gasteiger partial charge in [0.2, 0.25) is 0 Å². The van der Waals surface area contributed by atoms with Crippen molar-refractivity contribution in [2.45, 2.75) is 0 Å². The molecule has 0 aliphatic carbocycles. The summed E-state index contributed by atoms with van der Waals surface area (Å²) < 4.78 is 13.3. The molecule has 4 nitrogen and oxygen atoms in total. The van der Waals surface area contributed by atoms with E-state index in [2.05, 4.69) is 15.5 Å². The third kappa shape index (κ3) is 2.98. The van der Waals surface area contributed by atoms with Gasteiger partial charge < -0.3 is 0 Å². The van der Waals surface area contributed by atoms with Crippen LogP contribution in [0.1, 0.15) is 15.9 Å². The summed E-state index contributed by atoms with van der Waals surface area (Å²) in [5, 5.41) is 3.74. The number of halogens is 1. The van der Waals surface area contributed by atoms with Gasteiger partial charge in [0.05, 0.1) is 11.8 Å². The van der Waals surface area contributed by atoms with E-state index in [0.29, 0.717) is 0 Å². The van der Waals surface area contributed by atoms with Gasteiger partial charge in [0, 0.05) is 12.4 Å². The van der Waals surface area contributed by atoms with Crippen LogP contribution in [0, 0.1) is 5.82 Å². The first kappa shape index (κ1) is 11.9. The highest BCUT2D eigenvalue weighted by molar-refractivity contribution is 5.95. The fraction of sp³-hybridized carbons (Fsp3) is 0. The maximum absolute atomic E-state index is 13.3. The predicted octanol–water partition coefficient (Wildman–Crippen LogP) is 1.98. The molecule has 0 atom stereocenters. The predicted molar refractivity (Wildman–Crippen MR) is 65.7 cm³/mol. The Bertz CT molecular complexity index is 569. The number of hydrogen-bond acceptors (Lipinski definition) is 3. The van der Waals surface area contributed by atoms with E-state index in [-0.39, 0.29) is 5.56 Å². The lowest BCUT2D eigenvalue weighted by Gasteiger charge is -2.00. The van der Waals surface area contributed by atoms with Crippen molar-refractivity contribution in [2.24, 2.45) is 5.10 Å². The second-order valence-corrected chi connectivity index (χ2v) is 3.46. The largest absolute Gasteiger partial charge is 0.274 e. The average Bonchev–Trinajstić information content (AvgIpc) is 2.40. The first-order valence-corrected chi connectivity index (χ1v) is 5.25. The van der Waals surface area contributed by atoms with Gasteiger partial charge in [-0.25, -0.2) is 9.82 Å². The van der Waals surface area contributed by atoms with Crippen molar-refractivity contribution in [3.05, 3.63) is 65.7 Å². The van der Waals surface area contributed by atoms with E-state index in [1.54, 1.807) is 30.6 Å². The molecule has 0 unspecified atom stereocenters. The van der Waals surface area contributed by atoms with E-state index in [0.717, 1.165) is 5.56 Å². The molecule has 1 amide bonds. The average molecular weight is 243 g/mol. The highest BCUT2D eigenvalue weighted by atomic mass is 19.1. The first-order valence-electron chi connectivity index (χ1n) is 5.25. The Kier molecular flexibility index (Phi) is 3.76. The molecule has 0 aliphatic rings. The van der Waals surface area contributed by atoms with Crippen LogP contribution >= 0.6 is 0 Å². The molecule has 2 rings (SSSR count). The van der Waals surface area contributed by atoms with Crippen LogP contribution in [0.25, 0.3) is 0 Å². The number of hydrazone groups is 1. The molecular weight excluding hydrogens is 233 g/mol. The summed E-state index contributed by atoms with van der Waals surface area (Å²) >= 11 is 0. The molecule has 2 aromatic rings. The molecule has 1 heterocycles. The van der Waals surface area contributed by atoms with Gasteiger partial charge in [-0.3, -0.25) is 9.78 Å². The number of pyridine rings is 1. The fourth-order valence-electron chi connectivity index (χ4n) is 1.32. The normalized spacial score (nSPS) is 10.5. The van der Waals surface area contributed by atoms with Gasteiger partial charge in [-0.1, -0.05) is 12.1 Å². The SMILES string of the molecule is O=C(N/N=C/c1ccncc1)c1ccccc1F. The molecule has 1 aromatic heterocycles. The van der Waals surface area contributed by atoms with Crippen molar-refractivity contribution < 1.29 is 9.18 Å². The zero-order chi connectivity index (χ0) is 12.8. The number of nitrogens with one attached hydrogen (secondary N) is 1. The van der Waals surface area contributed by atoms with Crippen LogP contribution in [0.15, 0.2) is 53.9 Å². The number of nitrogens with zero attached hydrogens (tertiary/aromatic N) is 2. The molecule has 0 fully saturated rings. The zero-order valence-electron chi connectivity index (χ0n) is 9.38. The molecule has 90 valence electrons. The number of rotatable bonds is 3. The Morgan fingerprint density at radius 1 is 1.22 bits per heavy atom. The number of carbonyl (C=O) groups is 1. The number of benzene rings is 1. The van der Waals surface area contributed by atoms with Crippen LogP contribution in [0.2, 0.25) is 0 Å². The monoisotopic (exact) mass is 243 g/mol. The lowest BCUT2D eigenvalue weighted by atomic mass is 10.2. The van der Waals surface area contributed by atoms with Gasteiger partial charge in [0.15, 0.2) is 0 Å². The topological polar surface area (TPSA) is 54.4 Å². The maximum Gasteiger partial charge on any atom is 0.274 e. The van der Waals surface area contributed by atoms with Crippen LogP contribution < -0.4 is 5.43 Å². The molecule has 0 spiro atoms. The van der Waals surface area contributed by atoms with E-state index in [4.69, 9.17) is 0 Å². The van der Waals surface area contributed by atoms with E-state index in [9.17, 15) is 9.18 Å². The molecule has 1 N–H and O–H groups in total. The highest BCUT2D eigenvalue weighted by Crippen LogP contribution is 2.05. The van der Waals surface area contributed by atoms with Gasteiger partial charge >= 0.3 is 0 Å². The minimum absolute atomic E-state index is 0.0376. The lowest BCUT2D eigenvalue weighted by molar-refractivity contribution is 0.0951. The van der Waals surface area contributed by atoms with Crippen LogP contribution in [0.3, 0.4) is 0 Å². The Labute approximate surface area is 103 Å². The van der Waals surface area contributed by atoms with E-state index < -0.39 is 11.7 Å². The van der Waals surface area contributed by atoms with Crippen molar-refractivity contribution in [3.63, 3.8) is 0 Å². The van der Waals surface area contributed by atoms with Gasteiger partial charge in [0.25, 0.3) is 5.91 Å². The van der Waals surface area contributed by atoms with E-state index in [1.807, 2.05) is 0 Å². The highest BCUT2D eigenvalue weighted by Gasteiger charge is 2.08. The molecule has 18 heavy (non-hydrogen) atoms. The number of hydrogen-bond donors (Lipinski definition) is 1. The standard InChI is InChI=1S/C13H10FN3O/c14-12-4-2-1-3-11(12)13(18)17-16-9-10-5-7-15-8-6-10/h1-9H,(H,17,18)/b16-9+. The van der Waals surface area contributed by atoms with Gasteiger partial charge in [-0.05, 0) is 29.8 Å². The third-order valence-corrected chi connectivity index (χ3v) is 2.20. The van der Waals surface area contributed by atoms with E-state index in [1.165, 1.54) is 24.4 Å². The number of amides is 1. The van der Waals surface area contributed by atoms with Crippen molar-refractivity contribution in [3.8, 4) is 0 Å². The van der Waals surface area contributed by atoms with Crippen LogP contribution in [0.4, 0.5) is 4.39 Å². The quantitative estimate of drug-likeness (QED) is 0.662. The van der Waals surface area contributed by atoms with Gasteiger partial charge in [0.1, 0.15) is 5.82 Å². The number of aromatic nitrogens is 1. The molecule has 0 saturated carbocycles. The van der Waals surface area contributed by atoms with Crippen molar-refractivity contribution in [2.75, 3.05) is 0 Å². The summed E-state index contributed by atoms with van der Waals surface area (Å²) in [7, 11) is 0. The summed E-state index contributed by atoms with van der Waals surface area (Å²) in [5.41, 5.74) is 3.01. The first-order chi connectivity index (χ1) is 8.77. The zero-order valence-corrected chi connectivity index (χ0v) is 9.38. The second kappa shape index (κ2) is 5.67. The molecular formula is C13H10FN3O. The Morgan fingerprint density at radius 2 is 1.94 bits per heavy atom. The van der Waals surface area contributed by atoms with Crippen molar-refractivity contribution >= 4 is 12.1 Å². The van der Waals surface area contributed by atoms with Crippen LogP contribution in [-0.4, -0.2) is 17.1 Å². The lowest BCUT2D eigenvalue weighted by Crippen LogP contribution is -2.18. The summed E-state index contributed by atoms with van der Waals surface area (Å²) in [6.07, 6.45) is 4.68. The van der Waals surface area contributed by atoms with Gasteiger partial charge in [-0.2, -0.15) is 5.10 Å². The third-order valence-electron chi connectivity index (χ3n) is 2.20. The Hall–Kier alpha value is -2.56. The van der Waals surface area contributed by atoms with Crippen LogP contribution in [-0.2, 0) is 0 Å². The molecule has 5 heteroatoms. The maximum atomic E-state index is 13.3.